The highest BCUT2D eigenvalue weighted by Gasteiger charge is 2.05. The van der Waals surface area contributed by atoms with E-state index < -0.39 is 5.82 Å². The molecular formula is C17H18FNO3. The fourth-order valence-corrected chi connectivity index (χ4v) is 1.79. The van der Waals surface area contributed by atoms with Gasteiger partial charge in [0.15, 0.2) is 6.61 Å². The Balaban J connectivity index is 1.84. The van der Waals surface area contributed by atoms with E-state index >= 15 is 0 Å². The van der Waals surface area contributed by atoms with Crippen LogP contribution in [0.15, 0.2) is 48.5 Å². The minimum absolute atomic E-state index is 0.0973. The highest BCUT2D eigenvalue weighted by Crippen LogP contribution is 2.17. The first kappa shape index (κ1) is 15.8. The summed E-state index contributed by atoms with van der Waals surface area (Å²) in [6.45, 7) is 3.70. The van der Waals surface area contributed by atoms with Crippen LogP contribution in [-0.4, -0.2) is 18.6 Å². The molecule has 0 atom stereocenters. The molecule has 2 aromatic rings. The first-order chi connectivity index (χ1) is 10.5. The van der Waals surface area contributed by atoms with Gasteiger partial charge in [0, 0.05) is 11.8 Å². The van der Waals surface area contributed by atoms with Gasteiger partial charge in [0.2, 0.25) is 0 Å². The van der Waals surface area contributed by atoms with Crippen LogP contribution >= 0.6 is 0 Å². The Kier molecular flexibility index (Phi) is 5.36. The van der Waals surface area contributed by atoms with E-state index in [0.29, 0.717) is 11.4 Å². The second-order valence-corrected chi connectivity index (χ2v) is 4.99. The second kappa shape index (κ2) is 7.45. The van der Waals surface area contributed by atoms with E-state index in [9.17, 15) is 9.18 Å². The highest BCUT2D eigenvalue weighted by atomic mass is 19.1. The SMILES string of the molecule is CC(C)Oc1ccc(NC(=O)COc2cccc(F)c2)cc1. The number of benzene rings is 2. The maximum Gasteiger partial charge on any atom is 0.262 e. The van der Waals surface area contributed by atoms with Crippen molar-refractivity contribution in [3.8, 4) is 11.5 Å². The summed E-state index contributed by atoms with van der Waals surface area (Å²) in [5, 5.41) is 2.69. The van der Waals surface area contributed by atoms with Crippen molar-refractivity contribution in [2.75, 3.05) is 11.9 Å². The van der Waals surface area contributed by atoms with Gasteiger partial charge in [0.25, 0.3) is 5.91 Å². The lowest BCUT2D eigenvalue weighted by Crippen LogP contribution is -2.20. The fourth-order valence-electron chi connectivity index (χ4n) is 1.79. The second-order valence-electron chi connectivity index (χ2n) is 4.99. The van der Waals surface area contributed by atoms with E-state index in [1.165, 1.54) is 18.2 Å². The average molecular weight is 303 g/mol. The maximum atomic E-state index is 13.0. The zero-order valence-electron chi connectivity index (χ0n) is 12.5. The number of carbonyl (C=O) groups is 1. The van der Waals surface area contributed by atoms with E-state index in [-0.39, 0.29) is 18.6 Å². The van der Waals surface area contributed by atoms with Crippen molar-refractivity contribution in [3.05, 3.63) is 54.3 Å². The van der Waals surface area contributed by atoms with E-state index in [4.69, 9.17) is 9.47 Å². The van der Waals surface area contributed by atoms with Gasteiger partial charge in [-0.3, -0.25) is 4.79 Å². The Bertz CT molecular complexity index is 626. The van der Waals surface area contributed by atoms with Gasteiger partial charge in [-0.25, -0.2) is 4.39 Å². The monoisotopic (exact) mass is 303 g/mol. The normalized spacial score (nSPS) is 10.4. The largest absolute Gasteiger partial charge is 0.491 e. The number of ether oxygens (including phenoxy) is 2. The van der Waals surface area contributed by atoms with E-state index in [1.54, 1.807) is 30.3 Å². The zero-order valence-corrected chi connectivity index (χ0v) is 12.5. The molecule has 0 radical (unpaired) electrons. The summed E-state index contributed by atoms with van der Waals surface area (Å²) in [4.78, 5) is 11.8. The van der Waals surface area contributed by atoms with Gasteiger partial charge in [-0.05, 0) is 50.2 Å². The molecule has 0 aromatic heterocycles. The standard InChI is InChI=1S/C17H18FNO3/c1-12(2)22-15-8-6-14(7-9-15)19-17(20)11-21-16-5-3-4-13(18)10-16/h3-10,12H,11H2,1-2H3,(H,19,20). The van der Waals surface area contributed by atoms with Crippen LogP contribution in [0.4, 0.5) is 10.1 Å². The minimum Gasteiger partial charge on any atom is -0.491 e. The molecule has 1 N–H and O–H groups in total. The summed E-state index contributed by atoms with van der Waals surface area (Å²) in [6.07, 6.45) is 0.0973. The number of rotatable bonds is 6. The van der Waals surface area contributed by atoms with Crippen molar-refractivity contribution < 1.29 is 18.7 Å². The topological polar surface area (TPSA) is 47.6 Å². The molecule has 0 fully saturated rings. The fraction of sp³-hybridized carbons (Fsp3) is 0.235. The minimum atomic E-state index is -0.404. The molecule has 22 heavy (non-hydrogen) atoms. The lowest BCUT2D eigenvalue weighted by atomic mass is 10.3. The molecule has 0 unspecified atom stereocenters. The summed E-state index contributed by atoms with van der Waals surface area (Å²) in [5.74, 6) is 0.334. The van der Waals surface area contributed by atoms with Gasteiger partial charge >= 0.3 is 0 Å². The first-order valence-electron chi connectivity index (χ1n) is 6.98. The van der Waals surface area contributed by atoms with Crippen molar-refractivity contribution in [2.45, 2.75) is 20.0 Å². The molecule has 0 saturated carbocycles. The zero-order chi connectivity index (χ0) is 15.9. The molecule has 0 saturated heterocycles. The lowest BCUT2D eigenvalue weighted by molar-refractivity contribution is -0.118. The molecule has 116 valence electrons. The summed E-state index contributed by atoms with van der Waals surface area (Å²) in [7, 11) is 0. The maximum absolute atomic E-state index is 13.0. The molecule has 0 aliphatic heterocycles. The molecule has 1 amide bonds. The van der Waals surface area contributed by atoms with Crippen molar-refractivity contribution in [2.24, 2.45) is 0 Å². The first-order valence-corrected chi connectivity index (χ1v) is 6.98. The molecule has 4 nitrogen and oxygen atoms in total. The molecule has 2 rings (SSSR count). The molecule has 0 heterocycles. The Morgan fingerprint density at radius 1 is 1.14 bits per heavy atom. The van der Waals surface area contributed by atoms with E-state index in [0.717, 1.165) is 5.75 Å². The lowest BCUT2D eigenvalue weighted by Gasteiger charge is -2.11. The molecule has 0 bridgehead atoms. The van der Waals surface area contributed by atoms with Crippen molar-refractivity contribution in [1.29, 1.82) is 0 Å². The van der Waals surface area contributed by atoms with Crippen LogP contribution in [0.5, 0.6) is 11.5 Å². The number of hydrogen-bond donors (Lipinski definition) is 1. The summed E-state index contributed by atoms with van der Waals surface area (Å²) in [6, 6.07) is 12.7. The van der Waals surface area contributed by atoms with Gasteiger partial charge in [0.1, 0.15) is 17.3 Å². The number of carbonyl (C=O) groups excluding carboxylic acids is 1. The molecule has 0 spiro atoms. The Labute approximate surface area is 128 Å². The number of nitrogens with one attached hydrogen (secondary N) is 1. The predicted molar refractivity (Wildman–Crippen MR) is 82.7 cm³/mol. The van der Waals surface area contributed by atoms with Gasteiger partial charge in [-0.2, -0.15) is 0 Å². The highest BCUT2D eigenvalue weighted by molar-refractivity contribution is 5.91. The Morgan fingerprint density at radius 2 is 1.86 bits per heavy atom. The van der Waals surface area contributed by atoms with E-state index in [1.807, 2.05) is 13.8 Å². The third kappa shape index (κ3) is 5.09. The van der Waals surface area contributed by atoms with Crippen molar-refractivity contribution in [1.82, 2.24) is 0 Å². The number of halogens is 1. The Morgan fingerprint density at radius 3 is 2.50 bits per heavy atom. The number of hydrogen-bond acceptors (Lipinski definition) is 3. The quantitative estimate of drug-likeness (QED) is 0.886. The van der Waals surface area contributed by atoms with Crippen LogP contribution in [0.1, 0.15) is 13.8 Å². The van der Waals surface area contributed by atoms with Crippen molar-refractivity contribution in [3.63, 3.8) is 0 Å². The molecule has 0 aliphatic rings. The predicted octanol–water partition coefficient (Wildman–Crippen LogP) is 3.63. The summed E-state index contributed by atoms with van der Waals surface area (Å²) < 4.78 is 23.7. The van der Waals surface area contributed by atoms with Crippen LogP contribution in [0.2, 0.25) is 0 Å². The van der Waals surface area contributed by atoms with Crippen LogP contribution in [0, 0.1) is 5.82 Å². The van der Waals surface area contributed by atoms with Gasteiger partial charge < -0.3 is 14.8 Å². The van der Waals surface area contributed by atoms with Crippen LogP contribution in [-0.2, 0) is 4.79 Å². The van der Waals surface area contributed by atoms with Gasteiger partial charge in [-0.1, -0.05) is 6.07 Å². The third-order valence-electron chi connectivity index (χ3n) is 2.68. The summed E-state index contributed by atoms with van der Waals surface area (Å²) in [5.41, 5.74) is 0.643. The van der Waals surface area contributed by atoms with Gasteiger partial charge in [-0.15, -0.1) is 0 Å². The Hall–Kier alpha value is -2.56. The average Bonchev–Trinajstić information content (AvgIpc) is 2.47. The molecule has 0 aliphatic carbocycles. The van der Waals surface area contributed by atoms with Crippen molar-refractivity contribution >= 4 is 11.6 Å². The smallest absolute Gasteiger partial charge is 0.262 e. The van der Waals surface area contributed by atoms with Crippen LogP contribution < -0.4 is 14.8 Å². The van der Waals surface area contributed by atoms with Gasteiger partial charge in [0.05, 0.1) is 6.10 Å². The van der Waals surface area contributed by atoms with E-state index in [2.05, 4.69) is 5.32 Å². The molecular weight excluding hydrogens is 285 g/mol. The van der Waals surface area contributed by atoms with Crippen LogP contribution in [0.25, 0.3) is 0 Å². The summed E-state index contributed by atoms with van der Waals surface area (Å²) >= 11 is 0. The third-order valence-corrected chi connectivity index (χ3v) is 2.68. The molecule has 5 heteroatoms. The number of amides is 1. The van der Waals surface area contributed by atoms with Crippen LogP contribution in [0.3, 0.4) is 0 Å². The number of anilines is 1. The molecule has 2 aromatic carbocycles.